The number of nitriles is 1. The first kappa shape index (κ1) is 12.5. The van der Waals surface area contributed by atoms with Gasteiger partial charge in [0.25, 0.3) is 0 Å². The molecule has 0 atom stereocenters. The molecular weight excluding hydrogens is 204 g/mol. The van der Waals surface area contributed by atoms with Crippen LogP contribution >= 0.6 is 0 Å². The third-order valence-corrected chi connectivity index (χ3v) is 2.51. The molecule has 5 nitrogen and oxygen atoms in total. The Kier molecular flexibility index (Phi) is 4.32. The SMILES string of the molecule is COCCCN(C)c1c(C#N)c(C)nn1C. The summed E-state index contributed by atoms with van der Waals surface area (Å²) in [7, 11) is 5.51. The van der Waals surface area contributed by atoms with Crippen molar-refractivity contribution in [3.8, 4) is 6.07 Å². The van der Waals surface area contributed by atoms with Crippen LogP contribution in [0.3, 0.4) is 0 Å². The van der Waals surface area contributed by atoms with Gasteiger partial charge in [0.05, 0.1) is 5.69 Å². The van der Waals surface area contributed by atoms with Crippen molar-refractivity contribution in [2.75, 3.05) is 32.2 Å². The van der Waals surface area contributed by atoms with Crippen molar-refractivity contribution in [1.82, 2.24) is 9.78 Å². The molecule has 5 heteroatoms. The highest BCUT2D eigenvalue weighted by Gasteiger charge is 2.16. The number of aromatic nitrogens is 2. The van der Waals surface area contributed by atoms with Crippen molar-refractivity contribution in [3.05, 3.63) is 11.3 Å². The van der Waals surface area contributed by atoms with Gasteiger partial charge in [-0.25, -0.2) is 0 Å². The van der Waals surface area contributed by atoms with E-state index in [1.54, 1.807) is 11.8 Å². The molecule has 0 saturated heterocycles. The summed E-state index contributed by atoms with van der Waals surface area (Å²) in [6.45, 7) is 3.43. The molecule has 1 aromatic rings. The van der Waals surface area contributed by atoms with Crippen LogP contribution in [-0.4, -0.2) is 37.1 Å². The molecule has 0 radical (unpaired) electrons. The van der Waals surface area contributed by atoms with Gasteiger partial charge in [-0.05, 0) is 13.3 Å². The fourth-order valence-electron chi connectivity index (χ4n) is 1.77. The molecular formula is C11H18N4O. The first-order valence-corrected chi connectivity index (χ1v) is 5.25. The van der Waals surface area contributed by atoms with Crippen LogP contribution in [0.1, 0.15) is 17.7 Å². The van der Waals surface area contributed by atoms with Crippen LogP contribution < -0.4 is 4.90 Å². The molecule has 0 aliphatic heterocycles. The second kappa shape index (κ2) is 5.52. The van der Waals surface area contributed by atoms with Crippen LogP contribution in [0.4, 0.5) is 5.82 Å². The molecule has 0 saturated carbocycles. The van der Waals surface area contributed by atoms with E-state index in [1.807, 2.05) is 25.9 Å². The Morgan fingerprint density at radius 1 is 1.56 bits per heavy atom. The molecule has 0 fully saturated rings. The van der Waals surface area contributed by atoms with Gasteiger partial charge in [0.1, 0.15) is 17.5 Å². The Hall–Kier alpha value is -1.54. The van der Waals surface area contributed by atoms with E-state index < -0.39 is 0 Å². The maximum atomic E-state index is 9.08. The summed E-state index contributed by atoms with van der Waals surface area (Å²) >= 11 is 0. The van der Waals surface area contributed by atoms with Crippen LogP contribution in [-0.2, 0) is 11.8 Å². The van der Waals surface area contributed by atoms with E-state index in [1.165, 1.54) is 0 Å². The predicted octanol–water partition coefficient (Wildman–Crippen LogP) is 1.07. The Balaban J connectivity index is 2.82. The standard InChI is InChI=1S/C11H18N4O/c1-9-10(8-12)11(15(3)13-9)14(2)6-5-7-16-4/h5-7H2,1-4H3. The van der Waals surface area contributed by atoms with Gasteiger partial charge in [0.2, 0.25) is 0 Å². The third kappa shape index (κ3) is 2.52. The van der Waals surface area contributed by atoms with Crippen molar-refractivity contribution >= 4 is 5.82 Å². The van der Waals surface area contributed by atoms with Crippen LogP contribution in [0, 0.1) is 18.3 Å². The molecule has 0 amide bonds. The molecule has 1 heterocycles. The van der Waals surface area contributed by atoms with Gasteiger partial charge in [0.15, 0.2) is 0 Å². The number of rotatable bonds is 5. The lowest BCUT2D eigenvalue weighted by Crippen LogP contribution is -2.23. The fourth-order valence-corrected chi connectivity index (χ4v) is 1.77. The number of aryl methyl sites for hydroxylation is 2. The van der Waals surface area contributed by atoms with Crippen LogP contribution in [0.5, 0.6) is 0 Å². The average Bonchev–Trinajstić information content (AvgIpc) is 2.53. The van der Waals surface area contributed by atoms with E-state index in [4.69, 9.17) is 10.00 Å². The summed E-state index contributed by atoms with van der Waals surface area (Å²) in [5.41, 5.74) is 1.43. The molecule has 88 valence electrons. The monoisotopic (exact) mass is 222 g/mol. The maximum absolute atomic E-state index is 9.08. The lowest BCUT2D eigenvalue weighted by atomic mass is 10.2. The molecule has 0 unspecified atom stereocenters. The highest BCUT2D eigenvalue weighted by atomic mass is 16.5. The van der Waals surface area contributed by atoms with Gasteiger partial charge >= 0.3 is 0 Å². The second-order valence-corrected chi connectivity index (χ2v) is 3.79. The zero-order valence-corrected chi connectivity index (χ0v) is 10.3. The molecule has 16 heavy (non-hydrogen) atoms. The number of hydrogen-bond acceptors (Lipinski definition) is 4. The van der Waals surface area contributed by atoms with Crippen molar-refractivity contribution in [3.63, 3.8) is 0 Å². The zero-order chi connectivity index (χ0) is 12.1. The van der Waals surface area contributed by atoms with Gasteiger partial charge in [-0.1, -0.05) is 0 Å². The Morgan fingerprint density at radius 3 is 2.81 bits per heavy atom. The van der Waals surface area contributed by atoms with E-state index >= 15 is 0 Å². The van der Waals surface area contributed by atoms with Gasteiger partial charge in [-0.2, -0.15) is 10.4 Å². The number of anilines is 1. The zero-order valence-electron chi connectivity index (χ0n) is 10.3. The Bertz CT molecular complexity index is 391. The van der Waals surface area contributed by atoms with Gasteiger partial charge in [-0.15, -0.1) is 0 Å². The normalized spacial score (nSPS) is 10.2. The van der Waals surface area contributed by atoms with Gasteiger partial charge in [-0.3, -0.25) is 4.68 Å². The molecule has 0 spiro atoms. The smallest absolute Gasteiger partial charge is 0.144 e. The maximum Gasteiger partial charge on any atom is 0.144 e. The number of hydrogen-bond donors (Lipinski definition) is 0. The summed E-state index contributed by atoms with van der Waals surface area (Å²) in [5, 5.41) is 13.3. The first-order chi connectivity index (χ1) is 7.61. The number of methoxy groups -OCH3 is 1. The third-order valence-electron chi connectivity index (χ3n) is 2.51. The van der Waals surface area contributed by atoms with Crippen molar-refractivity contribution in [1.29, 1.82) is 5.26 Å². The minimum Gasteiger partial charge on any atom is -0.385 e. The molecule has 0 aromatic carbocycles. The minimum atomic E-state index is 0.655. The van der Waals surface area contributed by atoms with Crippen LogP contribution in [0.15, 0.2) is 0 Å². The van der Waals surface area contributed by atoms with Crippen molar-refractivity contribution in [2.45, 2.75) is 13.3 Å². The first-order valence-electron chi connectivity index (χ1n) is 5.25. The minimum absolute atomic E-state index is 0.655. The summed E-state index contributed by atoms with van der Waals surface area (Å²) in [6.07, 6.45) is 0.933. The number of ether oxygens (including phenoxy) is 1. The van der Waals surface area contributed by atoms with Gasteiger partial charge in [0, 0.05) is 34.4 Å². The molecule has 0 N–H and O–H groups in total. The lowest BCUT2D eigenvalue weighted by molar-refractivity contribution is 0.196. The van der Waals surface area contributed by atoms with Crippen molar-refractivity contribution in [2.24, 2.45) is 7.05 Å². The highest BCUT2D eigenvalue weighted by Crippen LogP contribution is 2.20. The van der Waals surface area contributed by atoms with Crippen molar-refractivity contribution < 1.29 is 4.74 Å². The van der Waals surface area contributed by atoms with E-state index in [0.29, 0.717) is 5.56 Å². The summed E-state index contributed by atoms with van der Waals surface area (Å²) < 4.78 is 6.76. The summed E-state index contributed by atoms with van der Waals surface area (Å²) in [4.78, 5) is 2.04. The molecule has 1 rings (SSSR count). The van der Waals surface area contributed by atoms with E-state index in [-0.39, 0.29) is 0 Å². The number of nitrogens with zero attached hydrogens (tertiary/aromatic N) is 4. The molecule has 1 aromatic heterocycles. The quantitative estimate of drug-likeness (QED) is 0.699. The molecule has 0 aliphatic carbocycles. The topological polar surface area (TPSA) is 54.1 Å². The fraction of sp³-hybridized carbons (Fsp3) is 0.636. The van der Waals surface area contributed by atoms with Crippen LogP contribution in [0.2, 0.25) is 0 Å². The Labute approximate surface area is 96.2 Å². The van der Waals surface area contributed by atoms with Crippen LogP contribution in [0.25, 0.3) is 0 Å². The lowest BCUT2D eigenvalue weighted by Gasteiger charge is -2.19. The van der Waals surface area contributed by atoms with Gasteiger partial charge < -0.3 is 9.64 Å². The summed E-state index contributed by atoms with van der Waals surface area (Å²) in [6, 6.07) is 2.20. The van der Waals surface area contributed by atoms with E-state index in [0.717, 1.165) is 31.1 Å². The largest absolute Gasteiger partial charge is 0.385 e. The Morgan fingerprint density at radius 2 is 2.25 bits per heavy atom. The van der Waals surface area contributed by atoms with E-state index in [2.05, 4.69) is 11.2 Å². The second-order valence-electron chi connectivity index (χ2n) is 3.79. The van der Waals surface area contributed by atoms with E-state index in [9.17, 15) is 0 Å². The highest BCUT2D eigenvalue weighted by molar-refractivity contribution is 5.56. The molecule has 0 bridgehead atoms. The summed E-state index contributed by atoms with van der Waals surface area (Å²) in [5.74, 6) is 0.871. The predicted molar refractivity (Wildman–Crippen MR) is 62.4 cm³/mol. The average molecular weight is 222 g/mol. The molecule has 0 aliphatic rings.